The van der Waals surface area contributed by atoms with Crippen LogP contribution in [0.5, 0.6) is 0 Å². The van der Waals surface area contributed by atoms with Crippen molar-refractivity contribution in [3.05, 3.63) is 21.3 Å². The van der Waals surface area contributed by atoms with E-state index in [1.54, 1.807) is 11.3 Å². The molecule has 0 amide bonds. The molecule has 1 unspecified atom stereocenters. The lowest BCUT2D eigenvalue weighted by Gasteiger charge is -2.33. The maximum atomic E-state index is 5.98. The van der Waals surface area contributed by atoms with Crippen molar-refractivity contribution in [1.82, 2.24) is 10.2 Å². The Morgan fingerprint density at radius 3 is 3.00 bits per heavy atom. The van der Waals surface area contributed by atoms with Gasteiger partial charge in [-0.2, -0.15) is 0 Å². The summed E-state index contributed by atoms with van der Waals surface area (Å²) in [5.74, 6) is 0.802. The zero-order valence-corrected chi connectivity index (χ0v) is 12.9. The van der Waals surface area contributed by atoms with Gasteiger partial charge in [-0.05, 0) is 44.0 Å². The Morgan fingerprint density at radius 2 is 2.33 bits per heavy atom. The fourth-order valence-corrected chi connectivity index (χ4v) is 3.65. The van der Waals surface area contributed by atoms with Gasteiger partial charge in [0.2, 0.25) is 0 Å². The molecule has 1 aliphatic heterocycles. The monoisotopic (exact) mass is 286 g/mol. The van der Waals surface area contributed by atoms with Crippen LogP contribution in [-0.2, 0) is 6.54 Å². The van der Waals surface area contributed by atoms with Crippen LogP contribution in [0.2, 0.25) is 4.34 Å². The van der Waals surface area contributed by atoms with Gasteiger partial charge in [-0.3, -0.25) is 4.90 Å². The Hall–Kier alpha value is -0.0900. The largest absolute Gasteiger partial charge is 0.314 e. The fraction of sp³-hybridized carbons (Fsp3) is 0.714. The van der Waals surface area contributed by atoms with Crippen molar-refractivity contribution >= 4 is 22.9 Å². The molecule has 4 heteroatoms. The fourth-order valence-electron chi connectivity index (χ4n) is 2.52. The SMILES string of the molecule is CC(C)NCC1CCCN(Cc2ccc(Cl)s2)C1. The van der Waals surface area contributed by atoms with Gasteiger partial charge in [0.15, 0.2) is 0 Å². The molecule has 1 aromatic heterocycles. The van der Waals surface area contributed by atoms with Gasteiger partial charge < -0.3 is 5.32 Å². The highest BCUT2D eigenvalue weighted by molar-refractivity contribution is 7.16. The minimum Gasteiger partial charge on any atom is -0.314 e. The molecule has 18 heavy (non-hydrogen) atoms. The van der Waals surface area contributed by atoms with Crippen molar-refractivity contribution in [3.8, 4) is 0 Å². The van der Waals surface area contributed by atoms with Gasteiger partial charge in [-0.15, -0.1) is 11.3 Å². The van der Waals surface area contributed by atoms with E-state index in [1.807, 2.05) is 6.07 Å². The Morgan fingerprint density at radius 1 is 1.50 bits per heavy atom. The van der Waals surface area contributed by atoms with Crippen LogP contribution in [0.1, 0.15) is 31.6 Å². The van der Waals surface area contributed by atoms with E-state index in [0.717, 1.165) is 23.3 Å². The van der Waals surface area contributed by atoms with Gasteiger partial charge in [0.25, 0.3) is 0 Å². The average Bonchev–Trinajstić information content (AvgIpc) is 2.73. The molecule has 1 N–H and O–H groups in total. The standard InChI is InChI=1S/C14H23ClN2S/c1-11(2)16-8-12-4-3-7-17(9-12)10-13-5-6-14(15)18-13/h5-6,11-12,16H,3-4,7-10H2,1-2H3. The molecule has 0 saturated carbocycles. The number of hydrogen-bond donors (Lipinski definition) is 1. The minimum atomic E-state index is 0.594. The molecular weight excluding hydrogens is 264 g/mol. The van der Waals surface area contributed by atoms with E-state index in [4.69, 9.17) is 11.6 Å². The molecule has 1 aliphatic rings. The van der Waals surface area contributed by atoms with E-state index in [9.17, 15) is 0 Å². The van der Waals surface area contributed by atoms with Crippen LogP contribution in [0.15, 0.2) is 12.1 Å². The Kier molecular flexibility index (Phi) is 5.49. The third-order valence-corrected chi connectivity index (χ3v) is 4.64. The highest BCUT2D eigenvalue weighted by Crippen LogP contribution is 2.25. The van der Waals surface area contributed by atoms with Crippen LogP contribution in [0.4, 0.5) is 0 Å². The van der Waals surface area contributed by atoms with Crippen LogP contribution in [0, 0.1) is 5.92 Å². The zero-order chi connectivity index (χ0) is 13.0. The molecule has 2 heterocycles. The number of rotatable bonds is 5. The van der Waals surface area contributed by atoms with Crippen molar-refractivity contribution < 1.29 is 0 Å². The molecule has 1 atom stereocenters. The van der Waals surface area contributed by atoms with Crippen LogP contribution in [0.3, 0.4) is 0 Å². The second-order valence-electron chi connectivity index (χ2n) is 5.51. The van der Waals surface area contributed by atoms with Gasteiger partial charge in [-0.1, -0.05) is 25.4 Å². The summed E-state index contributed by atoms with van der Waals surface area (Å²) in [4.78, 5) is 3.95. The van der Waals surface area contributed by atoms with Gasteiger partial charge in [0, 0.05) is 24.0 Å². The van der Waals surface area contributed by atoms with Crippen LogP contribution in [0.25, 0.3) is 0 Å². The van der Waals surface area contributed by atoms with Crippen molar-refractivity contribution in [1.29, 1.82) is 0 Å². The van der Waals surface area contributed by atoms with E-state index < -0.39 is 0 Å². The third kappa shape index (κ3) is 4.54. The quantitative estimate of drug-likeness (QED) is 0.889. The number of likely N-dealkylation sites (tertiary alicyclic amines) is 1. The van der Waals surface area contributed by atoms with Gasteiger partial charge >= 0.3 is 0 Å². The molecule has 0 radical (unpaired) electrons. The first kappa shape index (κ1) is 14.3. The number of piperidine rings is 1. The molecule has 2 rings (SSSR count). The second-order valence-corrected chi connectivity index (χ2v) is 7.31. The number of hydrogen-bond acceptors (Lipinski definition) is 3. The predicted octanol–water partition coefficient (Wildman–Crippen LogP) is 3.61. The van der Waals surface area contributed by atoms with Gasteiger partial charge in [0.1, 0.15) is 0 Å². The first-order chi connectivity index (χ1) is 8.63. The molecule has 1 saturated heterocycles. The van der Waals surface area contributed by atoms with E-state index >= 15 is 0 Å². The average molecular weight is 287 g/mol. The van der Waals surface area contributed by atoms with E-state index in [1.165, 1.54) is 30.8 Å². The van der Waals surface area contributed by atoms with Crippen LogP contribution < -0.4 is 5.32 Å². The molecular formula is C14H23ClN2S. The number of nitrogens with one attached hydrogen (secondary N) is 1. The van der Waals surface area contributed by atoms with Crippen LogP contribution in [-0.4, -0.2) is 30.6 Å². The summed E-state index contributed by atoms with van der Waals surface area (Å²) in [7, 11) is 0. The third-order valence-electron chi connectivity index (χ3n) is 3.43. The van der Waals surface area contributed by atoms with Gasteiger partial charge in [-0.25, -0.2) is 0 Å². The molecule has 1 aromatic rings. The predicted molar refractivity (Wildman–Crippen MR) is 80.5 cm³/mol. The molecule has 102 valence electrons. The lowest BCUT2D eigenvalue weighted by Crippen LogP contribution is -2.40. The maximum absolute atomic E-state index is 5.98. The highest BCUT2D eigenvalue weighted by Gasteiger charge is 2.20. The number of nitrogens with zero attached hydrogens (tertiary/aromatic N) is 1. The lowest BCUT2D eigenvalue weighted by atomic mass is 9.97. The van der Waals surface area contributed by atoms with Crippen LogP contribution >= 0.6 is 22.9 Å². The highest BCUT2D eigenvalue weighted by atomic mass is 35.5. The van der Waals surface area contributed by atoms with Crippen molar-refractivity contribution in [2.24, 2.45) is 5.92 Å². The maximum Gasteiger partial charge on any atom is 0.0931 e. The summed E-state index contributed by atoms with van der Waals surface area (Å²) >= 11 is 7.69. The van der Waals surface area contributed by atoms with E-state index in [-0.39, 0.29) is 0 Å². The topological polar surface area (TPSA) is 15.3 Å². The Labute approximate surface area is 119 Å². The Balaban J connectivity index is 1.79. The van der Waals surface area contributed by atoms with Crippen molar-refractivity contribution in [2.45, 2.75) is 39.3 Å². The summed E-state index contributed by atoms with van der Waals surface area (Å²) in [5.41, 5.74) is 0. The molecule has 1 fully saturated rings. The summed E-state index contributed by atoms with van der Waals surface area (Å²) in [6.07, 6.45) is 2.69. The zero-order valence-electron chi connectivity index (χ0n) is 11.3. The summed E-state index contributed by atoms with van der Waals surface area (Å²) in [6.45, 7) is 9.10. The van der Waals surface area contributed by atoms with Gasteiger partial charge in [0.05, 0.1) is 4.34 Å². The normalized spacial score (nSPS) is 21.7. The molecule has 0 bridgehead atoms. The summed E-state index contributed by atoms with van der Waals surface area (Å²) in [6, 6.07) is 4.75. The number of thiophene rings is 1. The first-order valence-corrected chi connectivity index (χ1v) is 8.03. The summed E-state index contributed by atoms with van der Waals surface area (Å²) in [5, 5.41) is 3.56. The smallest absolute Gasteiger partial charge is 0.0931 e. The molecule has 2 nitrogen and oxygen atoms in total. The first-order valence-electron chi connectivity index (χ1n) is 6.83. The minimum absolute atomic E-state index is 0.594. The Bertz CT molecular complexity index is 364. The van der Waals surface area contributed by atoms with E-state index in [2.05, 4.69) is 30.1 Å². The second kappa shape index (κ2) is 6.90. The molecule has 0 aliphatic carbocycles. The summed E-state index contributed by atoms with van der Waals surface area (Å²) < 4.78 is 0.903. The van der Waals surface area contributed by atoms with Crippen molar-refractivity contribution in [2.75, 3.05) is 19.6 Å². The lowest BCUT2D eigenvalue weighted by molar-refractivity contribution is 0.165. The van der Waals surface area contributed by atoms with Crippen molar-refractivity contribution in [3.63, 3.8) is 0 Å². The van der Waals surface area contributed by atoms with E-state index in [0.29, 0.717) is 6.04 Å². The number of halogens is 1. The molecule has 0 aromatic carbocycles. The molecule has 0 spiro atoms.